The van der Waals surface area contributed by atoms with Crippen LogP contribution in [0.5, 0.6) is 5.75 Å². The van der Waals surface area contributed by atoms with E-state index in [1.54, 1.807) is 24.3 Å². The number of hydrogen-bond acceptors (Lipinski definition) is 2. The van der Waals surface area contributed by atoms with E-state index in [-0.39, 0.29) is 11.9 Å². The lowest BCUT2D eigenvalue weighted by molar-refractivity contribution is 0.0926. The minimum atomic E-state index is -0.155. The fourth-order valence-corrected chi connectivity index (χ4v) is 2.02. The molecule has 0 fully saturated rings. The third-order valence-electron chi connectivity index (χ3n) is 2.99. The summed E-state index contributed by atoms with van der Waals surface area (Å²) in [6.45, 7) is 4.34. The molecule has 1 N–H and O–H groups in total. The van der Waals surface area contributed by atoms with E-state index in [2.05, 4.69) is 5.32 Å². The van der Waals surface area contributed by atoms with Crippen LogP contribution in [0.3, 0.4) is 0 Å². The molecule has 0 aromatic heterocycles. The molecule has 0 radical (unpaired) electrons. The number of halogens is 1. The smallest absolute Gasteiger partial charge is 0.251 e. The van der Waals surface area contributed by atoms with Crippen molar-refractivity contribution in [2.45, 2.75) is 19.9 Å². The Bertz CT molecular complexity index is 610. The number of carbonyl (C=O) groups excluding carboxylic acids is 1. The standard InChI is InChI=1S/C17H18ClNO2/c1-12-6-8-16(9-7-12)21-11-13(2)19-17(20)14-4-3-5-15(18)10-14/h3-10,13H,11H2,1-2H3,(H,19,20)/t13-/m0/s1. The van der Waals surface area contributed by atoms with Crippen molar-refractivity contribution in [3.05, 3.63) is 64.7 Å². The fraction of sp³-hybridized carbons (Fsp3) is 0.235. The van der Waals surface area contributed by atoms with Crippen molar-refractivity contribution in [2.75, 3.05) is 6.61 Å². The maximum absolute atomic E-state index is 12.0. The second-order valence-corrected chi connectivity index (χ2v) is 5.45. The van der Waals surface area contributed by atoms with E-state index in [4.69, 9.17) is 16.3 Å². The zero-order valence-electron chi connectivity index (χ0n) is 12.1. The molecule has 1 atom stereocenters. The van der Waals surface area contributed by atoms with E-state index in [0.29, 0.717) is 17.2 Å². The second-order valence-electron chi connectivity index (χ2n) is 5.01. The van der Waals surface area contributed by atoms with Gasteiger partial charge >= 0.3 is 0 Å². The number of rotatable bonds is 5. The molecule has 110 valence electrons. The molecule has 0 aliphatic carbocycles. The van der Waals surface area contributed by atoms with Crippen LogP contribution in [-0.4, -0.2) is 18.6 Å². The van der Waals surface area contributed by atoms with Crippen LogP contribution < -0.4 is 10.1 Å². The number of aryl methyl sites for hydroxylation is 1. The molecule has 0 aliphatic rings. The summed E-state index contributed by atoms with van der Waals surface area (Å²) in [5, 5.41) is 3.43. The van der Waals surface area contributed by atoms with Gasteiger partial charge in [-0.15, -0.1) is 0 Å². The summed E-state index contributed by atoms with van der Waals surface area (Å²) in [4.78, 5) is 12.0. The fourth-order valence-electron chi connectivity index (χ4n) is 1.83. The minimum Gasteiger partial charge on any atom is -0.491 e. The van der Waals surface area contributed by atoms with Gasteiger partial charge in [-0.25, -0.2) is 0 Å². The molecule has 0 saturated heterocycles. The summed E-state index contributed by atoms with van der Waals surface area (Å²) in [5.41, 5.74) is 1.73. The lowest BCUT2D eigenvalue weighted by Crippen LogP contribution is -2.36. The number of benzene rings is 2. The Morgan fingerprint density at radius 3 is 2.62 bits per heavy atom. The predicted molar refractivity (Wildman–Crippen MR) is 85.1 cm³/mol. The van der Waals surface area contributed by atoms with Crippen LogP contribution in [0.2, 0.25) is 5.02 Å². The van der Waals surface area contributed by atoms with Crippen LogP contribution in [0, 0.1) is 6.92 Å². The summed E-state index contributed by atoms with van der Waals surface area (Å²) in [7, 11) is 0. The van der Waals surface area contributed by atoms with Crippen molar-refractivity contribution in [1.29, 1.82) is 0 Å². The van der Waals surface area contributed by atoms with Crippen molar-refractivity contribution in [3.63, 3.8) is 0 Å². The van der Waals surface area contributed by atoms with Gasteiger partial charge in [0.1, 0.15) is 12.4 Å². The molecule has 0 unspecified atom stereocenters. The lowest BCUT2D eigenvalue weighted by Gasteiger charge is -2.15. The quantitative estimate of drug-likeness (QED) is 0.911. The molecule has 0 saturated carbocycles. The highest BCUT2D eigenvalue weighted by molar-refractivity contribution is 6.30. The Hall–Kier alpha value is -2.00. The molecule has 2 aromatic rings. The highest BCUT2D eigenvalue weighted by Crippen LogP contribution is 2.12. The zero-order chi connectivity index (χ0) is 15.2. The highest BCUT2D eigenvalue weighted by Gasteiger charge is 2.10. The molecule has 1 amide bonds. The Morgan fingerprint density at radius 1 is 1.24 bits per heavy atom. The SMILES string of the molecule is Cc1ccc(OC[C@H](C)NC(=O)c2cccc(Cl)c2)cc1. The van der Waals surface area contributed by atoms with Gasteiger partial charge < -0.3 is 10.1 Å². The third kappa shape index (κ3) is 4.80. The molecular weight excluding hydrogens is 286 g/mol. The van der Waals surface area contributed by atoms with Gasteiger partial charge in [-0.05, 0) is 44.2 Å². The first-order valence-corrected chi connectivity index (χ1v) is 7.18. The van der Waals surface area contributed by atoms with Gasteiger partial charge in [0.2, 0.25) is 0 Å². The molecular formula is C17H18ClNO2. The van der Waals surface area contributed by atoms with E-state index in [1.807, 2.05) is 38.1 Å². The maximum Gasteiger partial charge on any atom is 0.251 e. The normalized spacial score (nSPS) is 11.8. The van der Waals surface area contributed by atoms with Crippen LogP contribution >= 0.6 is 11.6 Å². The van der Waals surface area contributed by atoms with Crippen LogP contribution in [0.25, 0.3) is 0 Å². The van der Waals surface area contributed by atoms with Crippen LogP contribution in [-0.2, 0) is 0 Å². The molecule has 4 heteroatoms. The molecule has 0 spiro atoms. The van der Waals surface area contributed by atoms with Crippen molar-refractivity contribution in [1.82, 2.24) is 5.32 Å². The van der Waals surface area contributed by atoms with Crippen molar-refractivity contribution >= 4 is 17.5 Å². The molecule has 21 heavy (non-hydrogen) atoms. The largest absolute Gasteiger partial charge is 0.491 e. The summed E-state index contributed by atoms with van der Waals surface area (Å²) in [5.74, 6) is 0.641. The van der Waals surface area contributed by atoms with E-state index in [9.17, 15) is 4.79 Å². The van der Waals surface area contributed by atoms with Crippen LogP contribution in [0.15, 0.2) is 48.5 Å². The predicted octanol–water partition coefficient (Wildman–Crippen LogP) is 3.85. The molecule has 0 heterocycles. The van der Waals surface area contributed by atoms with E-state index in [0.717, 1.165) is 5.75 Å². The van der Waals surface area contributed by atoms with E-state index in [1.165, 1.54) is 5.56 Å². The highest BCUT2D eigenvalue weighted by atomic mass is 35.5. The van der Waals surface area contributed by atoms with Gasteiger partial charge in [0.25, 0.3) is 5.91 Å². The number of hydrogen-bond donors (Lipinski definition) is 1. The van der Waals surface area contributed by atoms with Gasteiger partial charge in [-0.1, -0.05) is 35.4 Å². The number of ether oxygens (including phenoxy) is 1. The average molecular weight is 304 g/mol. The lowest BCUT2D eigenvalue weighted by atomic mass is 10.2. The topological polar surface area (TPSA) is 38.3 Å². The van der Waals surface area contributed by atoms with Gasteiger partial charge in [0.15, 0.2) is 0 Å². The Morgan fingerprint density at radius 2 is 1.95 bits per heavy atom. The second kappa shape index (κ2) is 7.14. The van der Waals surface area contributed by atoms with Crippen LogP contribution in [0.4, 0.5) is 0 Å². The van der Waals surface area contributed by atoms with Gasteiger partial charge in [-0.3, -0.25) is 4.79 Å². The summed E-state index contributed by atoms with van der Waals surface area (Å²) >= 11 is 5.87. The van der Waals surface area contributed by atoms with Crippen molar-refractivity contribution in [2.24, 2.45) is 0 Å². The summed E-state index contributed by atoms with van der Waals surface area (Å²) < 4.78 is 5.64. The zero-order valence-corrected chi connectivity index (χ0v) is 12.9. The number of amides is 1. The van der Waals surface area contributed by atoms with Crippen LogP contribution in [0.1, 0.15) is 22.8 Å². The van der Waals surface area contributed by atoms with Gasteiger partial charge in [-0.2, -0.15) is 0 Å². The first kappa shape index (κ1) is 15.4. The number of nitrogens with one attached hydrogen (secondary N) is 1. The first-order valence-electron chi connectivity index (χ1n) is 6.80. The van der Waals surface area contributed by atoms with Crippen molar-refractivity contribution in [3.8, 4) is 5.75 Å². The summed E-state index contributed by atoms with van der Waals surface area (Å²) in [6.07, 6.45) is 0. The monoisotopic (exact) mass is 303 g/mol. The Balaban J connectivity index is 1.85. The molecule has 0 aliphatic heterocycles. The Kier molecular flexibility index (Phi) is 5.23. The number of carbonyl (C=O) groups is 1. The maximum atomic E-state index is 12.0. The third-order valence-corrected chi connectivity index (χ3v) is 3.22. The first-order chi connectivity index (χ1) is 10.0. The summed E-state index contributed by atoms with van der Waals surface area (Å²) in [6, 6.07) is 14.6. The average Bonchev–Trinajstić information content (AvgIpc) is 2.46. The molecule has 3 nitrogen and oxygen atoms in total. The molecule has 2 aromatic carbocycles. The van der Waals surface area contributed by atoms with E-state index >= 15 is 0 Å². The Labute approximate surface area is 129 Å². The van der Waals surface area contributed by atoms with Crippen molar-refractivity contribution < 1.29 is 9.53 Å². The molecule has 2 rings (SSSR count). The van der Waals surface area contributed by atoms with Gasteiger partial charge in [0.05, 0.1) is 6.04 Å². The van der Waals surface area contributed by atoms with E-state index < -0.39 is 0 Å². The minimum absolute atomic E-state index is 0.0993. The molecule has 0 bridgehead atoms. The van der Waals surface area contributed by atoms with Gasteiger partial charge in [0, 0.05) is 10.6 Å².